The Morgan fingerprint density at radius 2 is 2.19 bits per heavy atom. The molecule has 0 bridgehead atoms. The van der Waals surface area contributed by atoms with Gasteiger partial charge in [-0.25, -0.2) is 9.78 Å². The molecule has 1 unspecified atom stereocenters. The Balaban J connectivity index is 1.68. The van der Waals surface area contributed by atoms with E-state index in [0.717, 1.165) is 38.2 Å². The summed E-state index contributed by atoms with van der Waals surface area (Å²) in [5.74, 6) is 0.122. The quantitative estimate of drug-likeness (QED) is 0.832. The molecular weight excluding hydrogens is 272 g/mol. The molecule has 3 rings (SSSR count). The van der Waals surface area contributed by atoms with Crippen molar-refractivity contribution < 1.29 is 9.53 Å². The van der Waals surface area contributed by atoms with E-state index in [1.807, 2.05) is 4.90 Å². The summed E-state index contributed by atoms with van der Waals surface area (Å²) in [7, 11) is 0. The number of aromatic amines is 1. The molecule has 7 heteroatoms. The minimum Gasteiger partial charge on any atom is -0.379 e. The zero-order valence-electron chi connectivity index (χ0n) is 12.0. The Bertz CT molecular complexity index is 553. The van der Waals surface area contributed by atoms with Gasteiger partial charge in [0.2, 0.25) is 5.91 Å². The molecule has 7 nitrogen and oxygen atoms in total. The first-order valence-corrected chi connectivity index (χ1v) is 7.39. The highest BCUT2D eigenvalue weighted by molar-refractivity contribution is 5.79. The lowest BCUT2D eigenvalue weighted by molar-refractivity contribution is -0.134. The number of nitrogens with one attached hydrogen (secondary N) is 1. The number of amides is 1. The van der Waals surface area contributed by atoms with Crippen LogP contribution in [0.1, 0.15) is 24.6 Å². The van der Waals surface area contributed by atoms with Crippen molar-refractivity contribution in [2.24, 2.45) is 0 Å². The average molecular weight is 292 g/mol. The standard InChI is InChI=1S/C14H20N4O3/c19-13(10-17-6-8-21-9-7-17)18-5-1-2-12(18)11-3-4-15-14(20)16-11/h3-4,12H,1-2,5-10H2,(H,15,16,20). The third-order valence-corrected chi connectivity index (χ3v) is 4.09. The van der Waals surface area contributed by atoms with E-state index in [2.05, 4.69) is 14.9 Å². The molecule has 1 aromatic rings. The normalized spacial score (nSPS) is 23.4. The van der Waals surface area contributed by atoms with Crippen LogP contribution >= 0.6 is 0 Å². The summed E-state index contributed by atoms with van der Waals surface area (Å²) in [4.78, 5) is 34.2. The fraction of sp³-hybridized carbons (Fsp3) is 0.643. The van der Waals surface area contributed by atoms with Crippen LogP contribution in [0.4, 0.5) is 0 Å². The molecule has 0 saturated carbocycles. The average Bonchev–Trinajstić information content (AvgIpc) is 2.98. The molecule has 0 radical (unpaired) electrons. The van der Waals surface area contributed by atoms with E-state index in [4.69, 9.17) is 4.74 Å². The van der Waals surface area contributed by atoms with Gasteiger partial charge in [0.25, 0.3) is 0 Å². The largest absolute Gasteiger partial charge is 0.379 e. The Labute approximate surface area is 122 Å². The van der Waals surface area contributed by atoms with E-state index in [-0.39, 0.29) is 17.6 Å². The van der Waals surface area contributed by atoms with Crippen molar-refractivity contribution in [3.63, 3.8) is 0 Å². The second-order valence-corrected chi connectivity index (χ2v) is 5.46. The first-order chi connectivity index (χ1) is 10.2. The monoisotopic (exact) mass is 292 g/mol. The van der Waals surface area contributed by atoms with Crippen LogP contribution in [0.15, 0.2) is 17.1 Å². The molecular formula is C14H20N4O3. The lowest BCUT2D eigenvalue weighted by Crippen LogP contribution is -2.44. The van der Waals surface area contributed by atoms with Crippen molar-refractivity contribution in [1.82, 2.24) is 19.8 Å². The SMILES string of the molecule is O=C(CN1CCOCC1)N1CCCC1c1ccnc(=O)[nH]1. The van der Waals surface area contributed by atoms with Gasteiger partial charge in [0.05, 0.1) is 25.8 Å². The minimum atomic E-state index is -0.361. The second-order valence-electron chi connectivity index (χ2n) is 5.46. The highest BCUT2D eigenvalue weighted by atomic mass is 16.5. The van der Waals surface area contributed by atoms with Crippen molar-refractivity contribution in [2.45, 2.75) is 18.9 Å². The van der Waals surface area contributed by atoms with Crippen molar-refractivity contribution in [1.29, 1.82) is 0 Å². The molecule has 2 aliphatic heterocycles. The number of hydrogen-bond donors (Lipinski definition) is 1. The molecule has 1 aromatic heterocycles. The summed E-state index contributed by atoms with van der Waals surface area (Å²) in [6.45, 7) is 4.16. The predicted molar refractivity (Wildman–Crippen MR) is 75.8 cm³/mol. The van der Waals surface area contributed by atoms with Crippen molar-refractivity contribution >= 4 is 5.91 Å². The van der Waals surface area contributed by atoms with Gasteiger partial charge in [0.1, 0.15) is 0 Å². The maximum absolute atomic E-state index is 12.5. The lowest BCUT2D eigenvalue weighted by atomic mass is 10.1. The molecule has 0 aliphatic carbocycles. The Kier molecular flexibility index (Phi) is 4.31. The summed E-state index contributed by atoms with van der Waals surface area (Å²) >= 11 is 0. The van der Waals surface area contributed by atoms with E-state index in [0.29, 0.717) is 19.8 Å². The van der Waals surface area contributed by atoms with Gasteiger partial charge in [-0.15, -0.1) is 0 Å². The van der Waals surface area contributed by atoms with Crippen molar-refractivity contribution in [2.75, 3.05) is 39.4 Å². The van der Waals surface area contributed by atoms with Crippen LogP contribution in [0.25, 0.3) is 0 Å². The van der Waals surface area contributed by atoms with Gasteiger partial charge in [0.15, 0.2) is 0 Å². The number of likely N-dealkylation sites (tertiary alicyclic amines) is 1. The minimum absolute atomic E-state index is 0.0331. The Morgan fingerprint density at radius 3 is 2.95 bits per heavy atom. The smallest absolute Gasteiger partial charge is 0.345 e. The first-order valence-electron chi connectivity index (χ1n) is 7.39. The van der Waals surface area contributed by atoms with Crippen LogP contribution < -0.4 is 5.69 Å². The molecule has 0 aromatic carbocycles. The van der Waals surface area contributed by atoms with Crippen LogP contribution in [-0.2, 0) is 9.53 Å². The van der Waals surface area contributed by atoms with E-state index in [1.54, 1.807) is 6.07 Å². The van der Waals surface area contributed by atoms with E-state index in [1.165, 1.54) is 6.20 Å². The number of ether oxygens (including phenoxy) is 1. The fourth-order valence-electron chi connectivity index (χ4n) is 3.01. The molecule has 1 N–H and O–H groups in total. The summed E-state index contributed by atoms with van der Waals surface area (Å²) in [6, 6.07) is 1.75. The molecule has 2 fully saturated rings. The summed E-state index contributed by atoms with van der Waals surface area (Å²) in [6.07, 6.45) is 3.34. The number of rotatable bonds is 3. The molecule has 1 atom stereocenters. The molecule has 0 spiro atoms. The number of aromatic nitrogens is 2. The van der Waals surface area contributed by atoms with Gasteiger partial charge in [-0.2, -0.15) is 0 Å². The van der Waals surface area contributed by atoms with Gasteiger partial charge in [-0.3, -0.25) is 9.69 Å². The highest BCUT2D eigenvalue weighted by Crippen LogP contribution is 2.30. The number of nitrogens with zero attached hydrogens (tertiary/aromatic N) is 3. The molecule has 114 valence electrons. The lowest BCUT2D eigenvalue weighted by Gasteiger charge is -2.30. The van der Waals surface area contributed by atoms with Gasteiger partial charge in [0, 0.05) is 31.5 Å². The van der Waals surface area contributed by atoms with Crippen LogP contribution in [0.2, 0.25) is 0 Å². The van der Waals surface area contributed by atoms with Crippen LogP contribution in [0.3, 0.4) is 0 Å². The number of morpholine rings is 1. The van der Waals surface area contributed by atoms with Crippen LogP contribution in [-0.4, -0.2) is 65.1 Å². The topological polar surface area (TPSA) is 78.5 Å². The number of H-pyrrole nitrogens is 1. The number of carbonyl (C=O) groups is 1. The third-order valence-electron chi connectivity index (χ3n) is 4.09. The molecule has 2 aliphatic rings. The molecule has 21 heavy (non-hydrogen) atoms. The highest BCUT2D eigenvalue weighted by Gasteiger charge is 2.31. The zero-order chi connectivity index (χ0) is 14.7. The van der Waals surface area contributed by atoms with Gasteiger partial charge >= 0.3 is 5.69 Å². The Hall–Kier alpha value is -1.73. The van der Waals surface area contributed by atoms with Crippen molar-refractivity contribution in [3.05, 3.63) is 28.4 Å². The number of carbonyl (C=O) groups excluding carboxylic acids is 1. The van der Waals surface area contributed by atoms with Crippen molar-refractivity contribution in [3.8, 4) is 0 Å². The summed E-state index contributed by atoms with van der Waals surface area (Å²) in [5.41, 5.74) is 0.419. The van der Waals surface area contributed by atoms with Crippen LogP contribution in [0, 0.1) is 0 Å². The number of hydrogen-bond acceptors (Lipinski definition) is 5. The predicted octanol–water partition coefficient (Wildman–Crippen LogP) is -0.234. The van der Waals surface area contributed by atoms with E-state index < -0.39 is 0 Å². The zero-order valence-corrected chi connectivity index (χ0v) is 12.0. The van der Waals surface area contributed by atoms with Gasteiger partial charge < -0.3 is 14.6 Å². The summed E-state index contributed by atoms with van der Waals surface area (Å²) in [5, 5.41) is 0. The second kappa shape index (κ2) is 6.36. The first kappa shape index (κ1) is 14.2. The van der Waals surface area contributed by atoms with Gasteiger partial charge in [-0.1, -0.05) is 0 Å². The van der Waals surface area contributed by atoms with Crippen LogP contribution in [0.5, 0.6) is 0 Å². The summed E-state index contributed by atoms with van der Waals surface area (Å²) < 4.78 is 5.30. The molecule has 3 heterocycles. The molecule has 2 saturated heterocycles. The maximum Gasteiger partial charge on any atom is 0.345 e. The maximum atomic E-state index is 12.5. The van der Waals surface area contributed by atoms with E-state index in [9.17, 15) is 9.59 Å². The van der Waals surface area contributed by atoms with Gasteiger partial charge in [-0.05, 0) is 18.9 Å². The third kappa shape index (κ3) is 3.30. The Morgan fingerprint density at radius 1 is 1.38 bits per heavy atom. The molecule has 1 amide bonds. The fourth-order valence-corrected chi connectivity index (χ4v) is 3.01. The van der Waals surface area contributed by atoms with E-state index >= 15 is 0 Å².